The number of pyridine rings is 1. The number of fused-ring (bicyclic) bond motifs is 3. The highest BCUT2D eigenvalue weighted by Gasteiger charge is 2.69. The van der Waals surface area contributed by atoms with Crippen LogP contribution >= 0.6 is 27.5 Å². The predicted molar refractivity (Wildman–Crippen MR) is 127 cm³/mol. The van der Waals surface area contributed by atoms with Crippen LogP contribution in [0.4, 0.5) is 0 Å². The smallest absolute Gasteiger partial charge is 0.175 e. The summed E-state index contributed by atoms with van der Waals surface area (Å²) >= 11 is 9.66. The Labute approximate surface area is 197 Å². The quantitative estimate of drug-likeness (QED) is 0.437. The van der Waals surface area contributed by atoms with Gasteiger partial charge in [-0.1, -0.05) is 83.8 Å². The van der Waals surface area contributed by atoms with E-state index in [0.717, 1.165) is 29.1 Å². The first-order valence-corrected chi connectivity index (χ1v) is 11.5. The molecule has 1 saturated carbocycles. The van der Waals surface area contributed by atoms with Crippen molar-refractivity contribution in [1.29, 1.82) is 0 Å². The van der Waals surface area contributed by atoms with Crippen molar-refractivity contribution >= 4 is 27.5 Å². The first-order chi connectivity index (χ1) is 15.0. The van der Waals surface area contributed by atoms with Gasteiger partial charge in [-0.05, 0) is 36.1 Å². The molecule has 0 spiro atoms. The van der Waals surface area contributed by atoms with Gasteiger partial charge in [0.2, 0.25) is 0 Å². The van der Waals surface area contributed by atoms with Crippen LogP contribution in [-0.4, -0.2) is 22.3 Å². The van der Waals surface area contributed by atoms with Gasteiger partial charge in [0.25, 0.3) is 0 Å². The molecule has 31 heavy (non-hydrogen) atoms. The molecule has 0 radical (unpaired) electrons. The zero-order valence-electron chi connectivity index (χ0n) is 17.8. The molecule has 1 aromatic heterocycles. The molecule has 164 valence electrons. The number of hydrogen-bond donors (Lipinski definition) is 2. The molecule has 0 bridgehead atoms. The summed E-state index contributed by atoms with van der Waals surface area (Å²) in [6.45, 7) is 4.00. The normalized spacial score (nSPS) is 25.2. The highest BCUT2D eigenvalue weighted by atomic mass is 79.9. The lowest BCUT2D eigenvalue weighted by Gasteiger charge is -2.39. The fourth-order valence-corrected chi connectivity index (χ4v) is 5.16. The fourth-order valence-electron chi connectivity index (χ4n) is 4.75. The van der Waals surface area contributed by atoms with E-state index < -0.39 is 11.2 Å². The van der Waals surface area contributed by atoms with Gasteiger partial charge in [-0.2, -0.15) is 0 Å². The van der Waals surface area contributed by atoms with Crippen molar-refractivity contribution < 1.29 is 14.9 Å². The van der Waals surface area contributed by atoms with Crippen LogP contribution in [0, 0.1) is 0 Å². The predicted octanol–water partition coefficient (Wildman–Crippen LogP) is 6.19. The summed E-state index contributed by atoms with van der Waals surface area (Å²) in [5.41, 5.74) is 0.522. The van der Waals surface area contributed by atoms with Crippen LogP contribution in [0.3, 0.4) is 0 Å². The molecule has 2 N–H and O–H groups in total. The second-order valence-corrected chi connectivity index (χ2v) is 8.56. The fraction of sp³-hybridized carbons (Fsp3) is 0.320. The zero-order valence-corrected chi connectivity index (χ0v) is 20.2. The molecule has 1 fully saturated rings. The topological polar surface area (TPSA) is 62.6 Å². The molecule has 1 aliphatic heterocycles. The van der Waals surface area contributed by atoms with Crippen LogP contribution in [-0.2, 0) is 11.2 Å². The van der Waals surface area contributed by atoms with Crippen molar-refractivity contribution in [2.75, 3.05) is 7.11 Å². The van der Waals surface area contributed by atoms with Gasteiger partial charge in [0, 0.05) is 29.8 Å². The van der Waals surface area contributed by atoms with Crippen LogP contribution in [0.2, 0.25) is 5.02 Å². The number of rotatable bonds is 2. The molecule has 5 rings (SSSR count). The minimum atomic E-state index is -1.21. The molecule has 3 unspecified atom stereocenters. The Balaban J connectivity index is 0.000000645. The van der Waals surface area contributed by atoms with Gasteiger partial charge in [-0.15, -0.1) is 0 Å². The van der Waals surface area contributed by atoms with E-state index in [4.69, 9.17) is 21.4 Å². The van der Waals surface area contributed by atoms with Crippen molar-refractivity contribution in [2.45, 2.75) is 43.8 Å². The van der Waals surface area contributed by atoms with Crippen molar-refractivity contribution in [3.8, 4) is 5.75 Å². The van der Waals surface area contributed by atoms with Crippen LogP contribution in [0.15, 0.2) is 71.3 Å². The Morgan fingerprint density at radius 1 is 1.06 bits per heavy atom. The second kappa shape index (κ2) is 9.70. The molecule has 2 aromatic carbocycles. The molecule has 2 heterocycles. The van der Waals surface area contributed by atoms with Gasteiger partial charge >= 0.3 is 0 Å². The number of hydrogen-bond acceptors (Lipinski definition) is 4. The number of aliphatic hydroxyl groups is 2. The summed E-state index contributed by atoms with van der Waals surface area (Å²) in [6, 6.07) is 20.0. The van der Waals surface area contributed by atoms with Gasteiger partial charge in [0.05, 0.1) is 5.02 Å². The first-order valence-electron chi connectivity index (χ1n) is 10.4. The third-order valence-electron chi connectivity index (χ3n) is 5.86. The number of benzene rings is 2. The second-order valence-electron chi connectivity index (χ2n) is 7.21. The molecule has 3 atom stereocenters. The minimum Gasteiger partial charge on any atom is -0.476 e. The maximum Gasteiger partial charge on any atom is 0.175 e. The maximum atomic E-state index is 11.9. The van der Waals surface area contributed by atoms with E-state index in [1.165, 1.54) is 0 Å². The Bertz CT molecular complexity index is 1020. The summed E-state index contributed by atoms with van der Waals surface area (Å²) < 4.78 is 7.57. The van der Waals surface area contributed by atoms with Gasteiger partial charge < -0.3 is 14.9 Å². The number of halogens is 2. The van der Waals surface area contributed by atoms with Gasteiger partial charge in [-0.25, -0.2) is 0 Å². The Morgan fingerprint density at radius 2 is 1.71 bits per heavy atom. The lowest BCUT2D eigenvalue weighted by atomic mass is 9.73. The SMILES string of the molecule is CC.CO.OC12CCC(c3ccccc3)C1(c1ccc(Br)cc1)Oc1cc(Cl)cnc12. The van der Waals surface area contributed by atoms with Crippen LogP contribution < -0.4 is 4.74 Å². The lowest BCUT2D eigenvalue weighted by Crippen LogP contribution is -2.48. The summed E-state index contributed by atoms with van der Waals surface area (Å²) in [5, 5.41) is 19.4. The van der Waals surface area contributed by atoms with Crippen molar-refractivity contribution in [2.24, 2.45) is 0 Å². The van der Waals surface area contributed by atoms with E-state index in [-0.39, 0.29) is 5.92 Å². The summed E-state index contributed by atoms with van der Waals surface area (Å²) in [5.74, 6) is 0.561. The summed E-state index contributed by atoms with van der Waals surface area (Å²) in [6.07, 6.45) is 2.96. The average Bonchev–Trinajstić information content (AvgIpc) is 3.24. The molecule has 0 saturated heterocycles. The number of aliphatic hydroxyl groups excluding tert-OH is 1. The maximum absolute atomic E-state index is 11.9. The van der Waals surface area contributed by atoms with Crippen LogP contribution in [0.25, 0.3) is 0 Å². The summed E-state index contributed by atoms with van der Waals surface area (Å²) in [4.78, 5) is 4.47. The first kappa shape index (κ1) is 23.7. The highest BCUT2D eigenvalue weighted by Crippen LogP contribution is 2.66. The summed E-state index contributed by atoms with van der Waals surface area (Å²) in [7, 11) is 1.00. The van der Waals surface area contributed by atoms with Crippen LogP contribution in [0.1, 0.15) is 49.4 Å². The van der Waals surface area contributed by atoms with E-state index in [0.29, 0.717) is 22.9 Å². The van der Waals surface area contributed by atoms with Crippen molar-refractivity contribution in [3.63, 3.8) is 0 Å². The van der Waals surface area contributed by atoms with E-state index in [1.54, 1.807) is 12.3 Å². The molecular weight excluding hydrogens is 478 g/mol. The third kappa shape index (κ3) is 3.78. The van der Waals surface area contributed by atoms with Gasteiger partial charge in [-0.3, -0.25) is 4.98 Å². The van der Waals surface area contributed by atoms with E-state index in [2.05, 4.69) is 33.0 Å². The Morgan fingerprint density at radius 3 is 2.35 bits per heavy atom. The molecule has 3 aromatic rings. The van der Waals surface area contributed by atoms with Gasteiger partial charge in [0.15, 0.2) is 11.2 Å². The molecular formula is C25H27BrClNO3. The monoisotopic (exact) mass is 503 g/mol. The standard InChI is InChI=1S/C22H17BrClNO2.C2H6.CH4O/c23-16-8-6-15(7-9-16)22-18(14-4-2-1-3-5-14)10-11-21(22,26)20-19(27-22)12-17(24)13-25-20;2*1-2/h1-9,12-13,18,26H,10-11H2;1-2H3;2H,1H3. The Kier molecular flexibility index (Phi) is 7.43. The molecule has 2 aliphatic rings. The molecule has 6 heteroatoms. The van der Waals surface area contributed by atoms with Crippen molar-refractivity contribution in [3.05, 3.63) is 93.2 Å². The van der Waals surface area contributed by atoms with E-state index in [1.807, 2.05) is 56.3 Å². The lowest BCUT2D eigenvalue weighted by molar-refractivity contribution is -0.107. The molecule has 0 amide bonds. The minimum absolute atomic E-state index is 0.00199. The van der Waals surface area contributed by atoms with E-state index >= 15 is 0 Å². The molecule has 4 nitrogen and oxygen atoms in total. The average molecular weight is 505 g/mol. The molecule has 1 aliphatic carbocycles. The highest BCUT2D eigenvalue weighted by molar-refractivity contribution is 9.10. The van der Waals surface area contributed by atoms with Crippen molar-refractivity contribution in [1.82, 2.24) is 4.98 Å². The van der Waals surface area contributed by atoms with Gasteiger partial charge in [0.1, 0.15) is 11.4 Å². The van der Waals surface area contributed by atoms with Crippen LogP contribution in [0.5, 0.6) is 5.75 Å². The number of aromatic nitrogens is 1. The third-order valence-corrected chi connectivity index (χ3v) is 6.59. The number of nitrogens with zero attached hydrogens (tertiary/aromatic N) is 1. The Hall–Kier alpha value is -1.92. The largest absolute Gasteiger partial charge is 0.476 e. The van der Waals surface area contributed by atoms with E-state index in [9.17, 15) is 5.11 Å². The number of ether oxygens (including phenoxy) is 1. The zero-order chi connectivity index (χ0) is 22.6.